The maximum absolute atomic E-state index is 5.38. The van der Waals surface area contributed by atoms with E-state index in [-0.39, 0.29) is 0 Å². The summed E-state index contributed by atoms with van der Waals surface area (Å²) in [6, 6.07) is 12.2. The smallest absolute Gasteiger partial charge is 0.0702 e. The normalized spacial score (nSPS) is 12.8. The lowest BCUT2D eigenvalue weighted by Crippen LogP contribution is -2.21. The molecule has 0 radical (unpaired) electrons. The van der Waals surface area contributed by atoms with Gasteiger partial charge in [-0.05, 0) is 31.2 Å². The highest BCUT2D eigenvalue weighted by atomic mass is 14.7. The molecule has 0 aliphatic heterocycles. The second kappa shape index (κ2) is 5.07. The molecule has 0 amide bonds. The van der Waals surface area contributed by atoms with Crippen molar-refractivity contribution in [3.63, 3.8) is 0 Å². The van der Waals surface area contributed by atoms with Crippen LogP contribution in [0.4, 0.5) is 0 Å². The van der Waals surface area contributed by atoms with Crippen molar-refractivity contribution in [2.24, 2.45) is 0 Å². The standard InChI is InChI=1S/C18H14N2/c1-3-7-17-14(4-2)15-12-13(9-10-18(15)20-17)16-8-5-6-11-19-16/h1,4-12,20H,2H3/b14-4-,17-7+. The van der Waals surface area contributed by atoms with Crippen molar-refractivity contribution in [2.75, 3.05) is 0 Å². The molecule has 2 heteroatoms. The molecular weight excluding hydrogens is 244 g/mol. The third-order valence-electron chi connectivity index (χ3n) is 3.35. The largest absolute Gasteiger partial charge is 0.354 e. The predicted octanol–water partition coefficient (Wildman–Crippen LogP) is 2.44. The molecule has 0 saturated heterocycles. The Bertz CT molecular complexity index is 910. The highest BCUT2D eigenvalue weighted by Gasteiger charge is 2.03. The van der Waals surface area contributed by atoms with E-state index in [9.17, 15) is 0 Å². The first kappa shape index (κ1) is 12.3. The average molecular weight is 258 g/mol. The van der Waals surface area contributed by atoms with Gasteiger partial charge in [-0.15, -0.1) is 6.42 Å². The van der Waals surface area contributed by atoms with Gasteiger partial charge in [0, 0.05) is 34.0 Å². The van der Waals surface area contributed by atoms with Gasteiger partial charge in [0.2, 0.25) is 0 Å². The second-order valence-electron chi connectivity index (χ2n) is 4.53. The average Bonchev–Trinajstić information content (AvgIpc) is 2.84. The molecule has 0 saturated carbocycles. The van der Waals surface area contributed by atoms with Crippen LogP contribution in [0.25, 0.3) is 34.3 Å². The fourth-order valence-corrected chi connectivity index (χ4v) is 2.43. The fraction of sp³-hybridized carbons (Fsp3) is 0.0556. The summed E-state index contributed by atoms with van der Waals surface area (Å²) in [7, 11) is 0. The van der Waals surface area contributed by atoms with Gasteiger partial charge in [0.15, 0.2) is 0 Å². The molecule has 2 nitrogen and oxygen atoms in total. The van der Waals surface area contributed by atoms with E-state index < -0.39 is 0 Å². The molecule has 0 aliphatic rings. The number of aromatic amines is 1. The predicted molar refractivity (Wildman–Crippen MR) is 84.2 cm³/mol. The summed E-state index contributed by atoms with van der Waals surface area (Å²) in [5.41, 5.74) is 3.16. The van der Waals surface area contributed by atoms with Crippen molar-refractivity contribution in [3.8, 4) is 23.6 Å². The van der Waals surface area contributed by atoms with Crippen LogP contribution in [-0.4, -0.2) is 9.97 Å². The highest BCUT2D eigenvalue weighted by molar-refractivity contribution is 5.86. The summed E-state index contributed by atoms with van der Waals surface area (Å²) >= 11 is 0. The maximum Gasteiger partial charge on any atom is 0.0702 e. The van der Waals surface area contributed by atoms with E-state index >= 15 is 0 Å². The van der Waals surface area contributed by atoms with E-state index in [4.69, 9.17) is 6.42 Å². The molecule has 1 N–H and O–H groups in total. The van der Waals surface area contributed by atoms with Crippen LogP contribution in [0.15, 0.2) is 42.6 Å². The monoisotopic (exact) mass is 258 g/mol. The summed E-state index contributed by atoms with van der Waals surface area (Å²) in [5, 5.41) is 3.27. The Morgan fingerprint density at radius 1 is 1.25 bits per heavy atom. The van der Waals surface area contributed by atoms with E-state index in [1.807, 2.05) is 25.1 Å². The number of fused-ring (bicyclic) bond motifs is 1. The van der Waals surface area contributed by atoms with Crippen LogP contribution in [0.5, 0.6) is 0 Å². The first-order chi connectivity index (χ1) is 9.83. The van der Waals surface area contributed by atoms with Crippen molar-refractivity contribution in [3.05, 3.63) is 53.2 Å². The number of H-pyrrole nitrogens is 1. The second-order valence-corrected chi connectivity index (χ2v) is 4.53. The zero-order valence-electron chi connectivity index (χ0n) is 11.2. The van der Waals surface area contributed by atoms with Crippen molar-refractivity contribution in [1.82, 2.24) is 9.97 Å². The Balaban J connectivity index is 2.33. The molecule has 0 bridgehead atoms. The van der Waals surface area contributed by atoms with Gasteiger partial charge in [0.1, 0.15) is 0 Å². The maximum atomic E-state index is 5.38. The minimum absolute atomic E-state index is 0.972. The first-order valence-corrected chi connectivity index (χ1v) is 6.49. The van der Waals surface area contributed by atoms with Gasteiger partial charge in [-0.3, -0.25) is 4.98 Å². The Kier molecular flexibility index (Phi) is 3.10. The SMILES string of the molecule is C#C/C=c1/[nH]c2ccc(-c3ccccn3)cc2/c1=C/C. The molecule has 0 unspecified atom stereocenters. The molecule has 2 heterocycles. The number of benzene rings is 1. The quantitative estimate of drug-likeness (QED) is 0.667. The van der Waals surface area contributed by atoms with Crippen molar-refractivity contribution in [1.29, 1.82) is 0 Å². The minimum Gasteiger partial charge on any atom is -0.354 e. The fourth-order valence-electron chi connectivity index (χ4n) is 2.43. The summed E-state index contributed by atoms with van der Waals surface area (Å²) in [6.07, 6.45) is 11.0. The van der Waals surface area contributed by atoms with Crippen LogP contribution >= 0.6 is 0 Å². The minimum atomic E-state index is 0.972. The molecule has 0 fully saturated rings. The van der Waals surface area contributed by atoms with Gasteiger partial charge in [0.25, 0.3) is 0 Å². The first-order valence-electron chi connectivity index (χ1n) is 6.49. The summed E-state index contributed by atoms with van der Waals surface area (Å²) in [6.45, 7) is 2.02. The molecule has 3 rings (SSSR count). The number of hydrogen-bond donors (Lipinski definition) is 1. The summed E-state index contributed by atoms with van der Waals surface area (Å²) < 4.78 is 0. The molecule has 96 valence electrons. The van der Waals surface area contributed by atoms with Gasteiger partial charge in [-0.1, -0.05) is 24.1 Å². The number of hydrogen-bond acceptors (Lipinski definition) is 1. The number of terminal acetylenes is 1. The molecule has 0 atom stereocenters. The van der Waals surface area contributed by atoms with Gasteiger partial charge in [-0.25, -0.2) is 0 Å². The van der Waals surface area contributed by atoms with Crippen LogP contribution in [0.3, 0.4) is 0 Å². The molecule has 20 heavy (non-hydrogen) atoms. The van der Waals surface area contributed by atoms with Crippen LogP contribution in [0, 0.1) is 12.3 Å². The molecular formula is C18H14N2. The number of nitrogens with zero attached hydrogens (tertiary/aromatic N) is 1. The van der Waals surface area contributed by atoms with Gasteiger partial charge in [0.05, 0.1) is 11.0 Å². The Hall–Kier alpha value is -2.79. The van der Waals surface area contributed by atoms with E-state index in [0.717, 1.165) is 32.7 Å². The molecule has 3 aromatic rings. The number of pyridine rings is 1. The topological polar surface area (TPSA) is 28.7 Å². The van der Waals surface area contributed by atoms with Gasteiger partial charge in [-0.2, -0.15) is 0 Å². The van der Waals surface area contributed by atoms with E-state index in [1.54, 1.807) is 12.3 Å². The molecule has 0 aliphatic carbocycles. The zero-order chi connectivity index (χ0) is 13.9. The highest BCUT2D eigenvalue weighted by Crippen LogP contribution is 2.19. The van der Waals surface area contributed by atoms with Crippen molar-refractivity contribution < 1.29 is 0 Å². The van der Waals surface area contributed by atoms with E-state index in [1.165, 1.54) is 0 Å². The van der Waals surface area contributed by atoms with Crippen molar-refractivity contribution >= 4 is 23.1 Å². The molecule has 2 aromatic heterocycles. The Labute approximate surface area is 117 Å². The Morgan fingerprint density at radius 3 is 2.85 bits per heavy atom. The van der Waals surface area contributed by atoms with Gasteiger partial charge < -0.3 is 4.98 Å². The number of aromatic nitrogens is 2. The lowest BCUT2D eigenvalue weighted by molar-refractivity contribution is 1.33. The van der Waals surface area contributed by atoms with Crippen molar-refractivity contribution in [2.45, 2.75) is 6.92 Å². The molecule has 1 aromatic carbocycles. The third kappa shape index (κ3) is 2.00. The third-order valence-corrected chi connectivity index (χ3v) is 3.35. The number of nitrogens with one attached hydrogen (secondary N) is 1. The molecule has 0 spiro atoms. The van der Waals surface area contributed by atoms with E-state index in [2.05, 4.69) is 40.2 Å². The zero-order valence-corrected chi connectivity index (χ0v) is 11.2. The summed E-state index contributed by atoms with van der Waals surface area (Å²) in [4.78, 5) is 7.74. The van der Waals surface area contributed by atoms with Crippen LogP contribution in [0.2, 0.25) is 0 Å². The Morgan fingerprint density at radius 2 is 2.15 bits per heavy atom. The van der Waals surface area contributed by atoms with Crippen LogP contribution < -0.4 is 10.6 Å². The summed E-state index contributed by atoms with van der Waals surface area (Å²) in [5.74, 6) is 2.58. The lowest BCUT2D eigenvalue weighted by atomic mass is 10.1. The van der Waals surface area contributed by atoms with E-state index in [0.29, 0.717) is 0 Å². The van der Waals surface area contributed by atoms with Crippen LogP contribution in [0.1, 0.15) is 6.92 Å². The van der Waals surface area contributed by atoms with Crippen LogP contribution in [-0.2, 0) is 0 Å². The lowest BCUT2D eigenvalue weighted by Gasteiger charge is -2.00. The number of rotatable bonds is 1. The van der Waals surface area contributed by atoms with Gasteiger partial charge >= 0.3 is 0 Å².